The second-order valence-electron chi connectivity index (χ2n) is 6.91. The van der Waals surface area contributed by atoms with Gasteiger partial charge in [-0.25, -0.2) is 9.82 Å². The fourth-order valence-electron chi connectivity index (χ4n) is 3.43. The summed E-state index contributed by atoms with van der Waals surface area (Å²) >= 11 is 0. The van der Waals surface area contributed by atoms with Gasteiger partial charge in [0.05, 0.1) is 18.5 Å². The first-order valence-corrected chi connectivity index (χ1v) is 9.36. The number of anilines is 1. The summed E-state index contributed by atoms with van der Waals surface area (Å²) in [6.07, 6.45) is 0.810. The number of carbonyl (C=O) groups is 2. The Morgan fingerprint density at radius 1 is 1.18 bits per heavy atom. The van der Waals surface area contributed by atoms with Crippen LogP contribution in [0.4, 0.5) is 10.1 Å². The van der Waals surface area contributed by atoms with Crippen molar-refractivity contribution in [2.75, 3.05) is 25.5 Å². The quantitative estimate of drug-likeness (QED) is 0.714. The van der Waals surface area contributed by atoms with Crippen LogP contribution in [0.25, 0.3) is 0 Å². The van der Waals surface area contributed by atoms with Crippen molar-refractivity contribution in [3.8, 4) is 0 Å². The summed E-state index contributed by atoms with van der Waals surface area (Å²) in [6, 6.07) is 13.4. The first-order valence-electron chi connectivity index (χ1n) is 9.36. The van der Waals surface area contributed by atoms with Crippen LogP contribution in [0, 0.1) is 11.7 Å². The maximum Gasteiger partial charge on any atom is 0.243 e. The van der Waals surface area contributed by atoms with Gasteiger partial charge < -0.3 is 10.2 Å². The largest absolute Gasteiger partial charge is 0.336 e. The number of nitrogens with zero attached hydrogens (tertiary/aromatic N) is 1. The van der Waals surface area contributed by atoms with Crippen molar-refractivity contribution in [1.82, 2.24) is 15.8 Å². The van der Waals surface area contributed by atoms with Crippen LogP contribution >= 0.6 is 0 Å². The van der Waals surface area contributed by atoms with Crippen LogP contribution < -0.4 is 16.2 Å². The molecule has 0 spiro atoms. The number of hydrazine groups is 1. The van der Waals surface area contributed by atoms with Gasteiger partial charge in [-0.05, 0) is 35.7 Å². The predicted octanol–water partition coefficient (Wildman–Crippen LogP) is 2.25. The number of hydrogen-bond acceptors (Lipinski definition) is 4. The topological polar surface area (TPSA) is 73.5 Å². The van der Waals surface area contributed by atoms with Crippen molar-refractivity contribution in [2.45, 2.75) is 19.4 Å². The molecule has 7 heteroatoms. The minimum absolute atomic E-state index is 0.0382. The molecule has 0 aromatic heterocycles. The van der Waals surface area contributed by atoms with Gasteiger partial charge in [-0.1, -0.05) is 37.3 Å². The molecule has 0 saturated carbocycles. The average Bonchev–Trinajstić information content (AvgIpc) is 3.18. The third-order valence-corrected chi connectivity index (χ3v) is 4.96. The summed E-state index contributed by atoms with van der Waals surface area (Å²) < 4.78 is 13.2. The Morgan fingerprint density at radius 2 is 1.89 bits per heavy atom. The third kappa shape index (κ3) is 4.55. The van der Waals surface area contributed by atoms with Crippen molar-refractivity contribution in [1.29, 1.82) is 0 Å². The lowest BCUT2D eigenvalue weighted by Crippen LogP contribution is -2.41. The Labute approximate surface area is 164 Å². The number of hydrogen-bond donors (Lipinski definition) is 3. The summed E-state index contributed by atoms with van der Waals surface area (Å²) in [6.45, 7) is 2.42. The molecule has 2 atom stereocenters. The number of rotatable bonds is 6. The molecule has 6 nitrogen and oxygen atoms in total. The second-order valence-corrected chi connectivity index (χ2v) is 6.91. The predicted molar refractivity (Wildman–Crippen MR) is 106 cm³/mol. The van der Waals surface area contributed by atoms with Crippen LogP contribution in [0.2, 0.25) is 0 Å². The van der Waals surface area contributed by atoms with Gasteiger partial charge in [-0.15, -0.1) is 0 Å². The minimum atomic E-state index is -0.383. The summed E-state index contributed by atoms with van der Waals surface area (Å²) in [5.74, 6) is -1.09. The monoisotopic (exact) mass is 384 g/mol. The molecule has 1 aliphatic heterocycles. The number of aryl methyl sites for hydroxylation is 1. The SMILES string of the molecule is CCc1ccccc1NC(=O)CN(C)C(=O)C1CNNC1c1ccc(F)cc1. The number of nitrogens with one attached hydrogen (secondary N) is 3. The molecule has 2 aromatic rings. The highest BCUT2D eigenvalue weighted by molar-refractivity contribution is 5.95. The average molecular weight is 384 g/mol. The fourth-order valence-corrected chi connectivity index (χ4v) is 3.43. The Morgan fingerprint density at radius 3 is 2.61 bits per heavy atom. The first-order chi connectivity index (χ1) is 13.5. The molecule has 148 valence electrons. The van der Waals surface area contributed by atoms with Crippen molar-refractivity contribution in [3.63, 3.8) is 0 Å². The number of halogens is 1. The molecule has 2 aromatic carbocycles. The van der Waals surface area contributed by atoms with E-state index in [1.54, 1.807) is 19.2 Å². The van der Waals surface area contributed by atoms with Crippen molar-refractivity contribution in [2.24, 2.45) is 5.92 Å². The summed E-state index contributed by atoms with van der Waals surface area (Å²) in [5.41, 5.74) is 8.69. The van der Waals surface area contributed by atoms with E-state index in [9.17, 15) is 14.0 Å². The fraction of sp³-hybridized carbons (Fsp3) is 0.333. The van der Waals surface area contributed by atoms with Gasteiger partial charge in [0.15, 0.2) is 0 Å². The van der Waals surface area contributed by atoms with Crippen molar-refractivity contribution < 1.29 is 14.0 Å². The van der Waals surface area contributed by atoms with Gasteiger partial charge in [-0.3, -0.25) is 15.0 Å². The van der Waals surface area contributed by atoms with E-state index in [-0.39, 0.29) is 36.1 Å². The summed E-state index contributed by atoms with van der Waals surface area (Å²) in [5, 5.41) is 2.88. The van der Waals surface area contributed by atoms with E-state index < -0.39 is 0 Å². The Bertz CT molecular complexity index is 841. The van der Waals surface area contributed by atoms with Crippen LogP contribution in [0.3, 0.4) is 0 Å². The zero-order chi connectivity index (χ0) is 20.1. The lowest BCUT2D eigenvalue weighted by molar-refractivity contribution is -0.136. The second kappa shape index (κ2) is 8.95. The summed E-state index contributed by atoms with van der Waals surface area (Å²) in [4.78, 5) is 26.8. The number of benzene rings is 2. The zero-order valence-electron chi connectivity index (χ0n) is 16.0. The highest BCUT2D eigenvalue weighted by Crippen LogP contribution is 2.26. The molecule has 28 heavy (non-hydrogen) atoms. The number of likely N-dealkylation sites (N-methyl/N-ethyl adjacent to an activating group) is 1. The highest BCUT2D eigenvalue weighted by Gasteiger charge is 2.36. The van der Waals surface area contributed by atoms with Crippen molar-refractivity contribution >= 4 is 17.5 Å². The standard InChI is InChI=1S/C21H25FN4O2/c1-3-14-6-4-5-7-18(14)24-19(27)13-26(2)21(28)17-12-23-25-20(17)15-8-10-16(22)11-9-15/h4-11,17,20,23,25H,3,12-13H2,1-2H3,(H,24,27). The molecule has 0 aliphatic carbocycles. The number of amides is 2. The maximum atomic E-state index is 13.2. The van der Waals surface area contributed by atoms with E-state index in [1.165, 1.54) is 17.0 Å². The molecular weight excluding hydrogens is 359 g/mol. The smallest absolute Gasteiger partial charge is 0.243 e. The molecule has 1 aliphatic rings. The summed E-state index contributed by atoms with van der Waals surface area (Å²) in [7, 11) is 1.62. The molecule has 3 rings (SSSR count). The Balaban J connectivity index is 1.63. The highest BCUT2D eigenvalue weighted by atomic mass is 19.1. The van der Waals surface area contributed by atoms with Crippen LogP contribution in [-0.4, -0.2) is 36.9 Å². The third-order valence-electron chi connectivity index (χ3n) is 4.96. The van der Waals surface area contributed by atoms with Crippen molar-refractivity contribution in [3.05, 3.63) is 65.5 Å². The van der Waals surface area contributed by atoms with E-state index in [2.05, 4.69) is 16.2 Å². The molecule has 3 N–H and O–H groups in total. The van der Waals surface area contributed by atoms with Gasteiger partial charge >= 0.3 is 0 Å². The maximum absolute atomic E-state index is 13.2. The number of para-hydroxylation sites is 1. The Hall–Kier alpha value is -2.77. The normalized spacial score (nSPS) is 18.7. The number of carbonyl (C=O) groups excluding carboxylic acids is 2. The molecular formula is C21H25FN4O2. The molecule has 1 heterocycles. The van der Waals surface area contributed by atoms with E-state index in [0.717, 1.165) is 23.2 Å². The van der Waals surface area contributed by atoms with Crippen LogP contribution in [-0.2, 0) is 16.0 Å². The minimum Gasteiger partial charge on any atom is -0.336 e. The van der Waals surface area contributed by atoms with Gasteiger partial charge in [0, 0.05) is 19.3 Å². The van der Waals surface area contributed by atoms with Gasteiger partial charge in [0.1, 0.15) is 5.82 Å². The van der Waals surface area contributed by atoms with E-state index >= 15 is 0 Å². The van der Waals surface area contributed by atoms with Crippen LogP contribution in [0.5, 0.6) is 0 Å². The molecule has 2 amide bonds. The first kappa shape index (κ1) is 20.0. The van der Waals surface area contributed by atoms with E-state index in [4.69, 9.17) is 0 Å². The molecule has 0 radical (unpaired) electrons. The molecule has 2 unspecified atom stereocenters. The molecule has 1 fully saturated rings. The van der Waals surface area contributed by atoms with E-state index in [1.807, 2.05) is 31.2 Å². The van der Waals surface area contributed by atoms with Gasteiger partial charge in [-0.2, -0.15) is 0 Å². The van der Waals surface area contributed by atoms with Gasteiger partial charge in [0.25, 0.3) is 0 Å². The zero-order valence-corrected chi connectivity index (χ0v) is 16.0. The Kier molecular flexibility index (Phi) is 6.38. The lowest BCUT2D eigenvalue weighted by atomic mass is 9.93. The van der Waals surface area contributed by atoms with Crippen LogP contribution in [0.15, 0.2) is 48.5 Å². The molecule has 0 bridgehead atoms. The van der Waals surface area contributed by atoms with Crippen LogP contribution in [0.1, 0.15) is 24.1 Å². The van der Waals surface area contributed by atoms with E-state index in [0.29, 0.717) is 6.54 Å². The lowest BCUT2D eigenvalue weighted by Gasteiger charge is -2.24. The van der Waals surface area contributed by atoms with Gasteiger partial charge in [0.2, 0.25) is 11.8 Å². The molecule has 1 saturated heterocycles.